The first-order valence-electron chi connectivity index (χ1n) is 10.3. The van der Waals surface area contributed by atoms with Crippen molar-refractivity contribution in [3.05, 3.63) is 76.8 Å². The van der Waals surface area contributed by atoms with Crippen LogP contribution in [0.1, 0.15) is 28.8 Å². The van der Waals surface area contributed by atoms with E-state index in [4.69, 9.17) is 11.6 Å². The number of carbonyl (C=O) groups excluding carboxylic acids is 3. The summed E-state index contributed by atoms with van der Waals surface area (Å²) >= 11 is 5.84. The minimum atomic E-state index is -0.383. The Morgan fingerprint density at radius 1 is 0.935 bits per heavy atom. The first-order valence-corrected chi connectivity index (χ1v) is 10.7. The van der Waals surface area contributed by atoms with Crippen molar-refractivity contribution in [2.24, 2.45) is 28.8 Å². The summed E-state index contributed by atoms with van der Waals surface area (Å²) in [5, 5.41) is 4.58. The highest BCUT2D eigenvalue weighted by Gasteiger charge is 2.56. The summed E-state index contributed by atoms with van der Waals surface area (Å²) in [5.74, 6) is -0.827. The highest BCUT2D eigenvalue weighted by Crippen LogP contribution is 2.50. The number of hydrazone groups is 1. The minimum absolute atomic E-state index is 0.126. The first kappa shape index (κ1) is 19.7. The number of halogens is 1. The van der Waals surface area contributed by atoms with E-state index in [0.717, 1.165) is 18.4 Å². The summed E-state index contributed by atoms with van der Waals surface area (Å²) < 4.78 is 0. The number of benzene rings is 2. The molecule has 1 heterocycles. The fraction of sp³-hybridized carbons (Fsp3) is 0.250. The average molecular weight is 434 g/mol. The predicted octanol–water partition coefficient (Wildman–Crippen LogP) is 3.81. The van der Waals surface area contributed by atoms with Gasteiger partial charge in [0.25, 0.3) is 5.91 Å². The van der Waals surface area contributed by atoms with Gasteiger partial charge in [-0.25, -0.2) is 5.43 Å². The van der Waals surface area contributed by atoms with Gasteiger partial charge in [-0.2, -0.15) is 5.10 Å². The lowest BCUT2D eigenvalue weighted by atomic mass is 9.63. The monoisotopic (exact) mass is 433 g/mol. The van der Waals surface area contributed by atoms with Crippen LogP contribution in [0.2, 0.25) is 5.02 Å². The topological polar surface area (TPSA) is 78.8 Å². The maximum Gasteiger partial charge on any atom is 0.271 e. The molecular weight excluding hydrogens is 414 g/mol. The van der Waals surface area contributed by atoms with E-state index < -0.39 is 0 Å². The molecule has 3 amide bonds. The number of imide groups is 1. The van der Waals surface area contributed by atoms with Crippen LogP contribution in [0.4, 0.5) is 5.69 Å². The van der Waals surface area contributed by atoms with Crippen LogP contribution in [0.25, 0.3) is 0 Å². The normalized spacial score (nSPS) is 26.5. The highest BCUT2D eigenvalue weighted by atomic mass is 35.5. The van der Waals surface area contributed by atoms with Crippen LogP contribution in [0.3, 0.4) is 0 Å². The first-order chi connectivity index (χ1) is 15.0. The lowest BCUT2D eigenvalue weighted by Gasteiger charge is -2.38. The van der Waals surface area contributed by atoms with Crippen molar-refractivity contribution in [2.45, 2.75) is 12.8 Å². The third-order valence-corrected chi connectivity index (χ3v) is 6.65. The lowest BCUT2D eigenvalue weighted by Crippen LogP contribution is -2.38. The second kappa shape index (κ2) is 7.78. The Bertz CT molecular complexity index is 1080. The Balaban J connectivity index is 1.28. The number of fused-ring (bicyclic) bond motifs is 1. The molecule has 156 valence electrons. The van der Waals surface area contributed by atoms with E-state index in [1.54, 1.807) is 48.5 Å². The quantitative estimate of drug-likeness (QED) is 0.344. The molecule has 0 radical (unpaired) electrons. The van der Waals surface area contributed by atoms with Crippen molar-refractivity contribution in [2.75, 3.05) is 4.90 Å². The Morgan fingerprint density at radius 2 is 1.52 bits per heavy atom. The van der Waals surface area contributed by atoms with Gasteiger partial charge in [0.05, 0.1) is 23.7 Å². The average Bonchev–Trinajstić information content (AvgIpc) is 3.08. The van der Waals surface area contributed by atoms with Gasteiger partial charge in [0.1, 0.15) is 0 Å². The van der Waals surface area contributed by atoms with Crippen molar-refractivity contribution < 1.29 is 14.4 Å². The molecule has 4 atom stereocenters. The lowest BCUT2D eigenvalue weighted by molar-refractivity contribution is -0.124. The third kappa shape index (κ3) is 3.47. The number of hydrogen-bond donors (Lipinski definition) is 1. The van der Waals surface area contributed by atoms with Gasteiger partial charge in [-0.3, -0.25) is 19.3 Å². The van der Waals surface area contributed by atoms with Crippen molar-refractivity contribution >= 4 is 41.2 Å². The molecule has 4 aliphatic rings. The number of hydrogen-bond acceptors (Lipinski definition) is 4. The van der Waals surface area contributed by atoms with E-state index in [0.29, 0.717) is 16.3 Å². The minimum Gasteiger partial charge on any atom is -0.274 e. The predicted molar refractivity (Wildman–Crippen MR) is 118 cm³/mol. The molecule has 2 aromatic carbocycles. The van der Waals surface area contributed by atoms with Crippen LogP contribution in [0.5, 0.6) is 0 Å². The van der Waals surface area contributed by atoms with Gasteiger partial charge in [0.15, 0.2) is 0 Å². The largest absolute Gasteiger partial charge is 0.274 e. The number of nitrogens with zero attached hydrogens (tertiary/aromatic N) is 2. The molecule has 3 aliphatic carbocycles. The van der Waals surface area contributed by atoms with Gasteiger partial charge in [0, 0.05) is 10.6 Å². The Labute approximate surface area is 184 Å². The van der Waals surface area contributed by atoms with Gasteiger partial charge in [-0.1, -0.05) is 35.9 Å². The van der Waals surface area contributed by atoms with E-state index in [2.05, 4.69) is 22.7 Å². The molecule has 1 aliphatic heterocycles. The standard InChI is InChI=1S/C24H20ClN3O3/c25-18-9-1-14(2-10-18)13-26-27-22(29)17-7-11-19(12-8-17)28-23(30)20-15-3-4-16(6-5-15)21(20)24(28)31/h1-4,7-13,15-16,20-21H,5-6H2,(H,27,29)/t15-,16-,20+,21+/m0/s1. The zero-order chi connectivity index (χ0) is 21.5. The second-order valence-corrected chi connectivity index (χ2v) is 8.59. The van der Waals surface area contributed by atoms with Gasteiger partial charge >= 0.3 is 0 Å². The highest BCUT2D eigenvalue weighted by molar-refractivity contribution is 6.30. The molecule has 1 N–H and O–H groups in total. The van der Waals surface area contributed by atoms with E-state index in [9.17, 15) is 14.4 Å². The Morgan fingerprint density at radius 3 is 2.06 bits per heavy atom. The summed E-state index contributed by atoms with van der Waals surface area (Å²) in [4.78, 5) is 39.7. The van der Waals surface area contributed by atoms with E-state index in [1.807, 2.05) is 0 Å². The molecule has 2 bridgehead atoms. The maximum atomic E-state index is 13.0. The maximum absolute atomic E-state index is 13.0. The van der Waals surface area contributed by atoms with Crippen molar-refractivity contribution in [1.29, 1.82) is 0 Å². The fourth-order valence-electron chi connectivity index (χ4n) is 4.87. The molecule has 0 unspecified atom stereocenters. The molecular formula is C24H20ClN3O3. The summed E-state index contributed by atoms with van der Waals surface area (Å²) in [6.07, 6.45) is 7.65. The molecule has 6 nitrogen and oxygen atoms in total. The van der Waals surface area contributed by atoms with Gasteiger partial charge in [0.2, 0.25) is 11.8 Å². The van der Waals surface area contributed by atoms with Crippen LogP contribution < -0.4 is 10.3 Å². The molecule has 1 saturated carbocycles. The number of nitrogens with one attached hydrogen (secondary N) is 1. The number of rotatable bonds is 4. The second-order valence-electron chi connectivity index (χ2n) is 8.15. The van der Waals surface area contributed by atoms with E-state index >= 15 is 0 Å². The number of carbonyl (C=O) groups is 3. The van der Waals surface area contributed by atoms with Gasteiger partial charge in [-0.15, -0.1) is 0 Å². The third-order valence-electron chi connectivity index (χ3n) is 6.40. The van der Waals surface area contributed by atoms with Crippen LogP contribution in [-0.4, -0.2) is 23.9 Å². The van der Waals surface area contributed by atoms with Crippen molar-refractivity contribution in [3.63, 3.8) is 0 Å². The molecule has 2 fully saturated rings. The molecule has 0 spiro atoms. The molecule has 2 aromatic rings. The zero-order valence-corrected chi connectivity index (χ0v) is 17.3. The van der Waals surface area contributed by atoms with Crippen molar-refractivity contribution in [1.82, 2.24) is 5.43 Å². The van der Waals surface area contributed by atoms with Gasteiger partial charge < -0.3 is 0 Å². The summed E-state index contributed by atoms with van der Waals surface area (Å²) in [7, 11) is 0. The number of amides is 3. The van der Waals surface area contributed by atoms with Gasteiger partial charge in [-0.05, 0) is 66.6 Å². The summed E-state index contributed by atoms with van der Waals surface area (Å²) in [5.41, 5.74) is 4.16. The molecule has 7 heteroatoms. The summed E-state index contributed by atoms with van der Waals surface area (Å²) in [6.45, 7) is 0. The van der Waals surface area contributed by atoms with E-state index in [1.165, 1.54) is 11.1 Å². The van der Waals surface area contributed by atoms with E-state index in [-0.39, 0.29) is 41.4 Å². The van der Waals surface area contributed by atoms with Crippen LogP contribution >= 0.6 is 11.6 Å². The van der Waals surface area contributed by atoms with Crippen LogP contribution in [-0.2, 0) is 9.59 Å². The van der Waals surface area contributed by atoms with Crippen LogP contribution in [0, 0.1) is 23.7 Å². The SMILES string of the molecule is O=C(NN=Cc1ccc(Cl)cc1)c1ccc(N2C(=O)[C@H]3[C@H](C2=O)[C@H]2C=C[C@H]3CC2)cc1. The molecule has 31 heavy (non-hydrogen) atoms. The zero-order valence-electron chi connectivity index (χ0n) is 16.6. The Hall–Kier alpha value is -3.25. The Kier molecular flexibility index (Phi) is 4.94. The number of allylic oxidation sites excluding steroid dienone is 2. The van der Waals surface area contributed by atoms with Crippen LogP contribution in [0.15, 0.2) is 65.8 Å². The van der Waals surface area contributed by atoms with Crippen molar-refractivity contribution in [3.8, 4) is 0 Å². The molecule has 0 aromatic heterocycles. The summed E-state index contributed by atoms with van der Waals surface area (Å²) in [6, 6.07) is 13.5. The molecule has 6 rings (SSSR count). The number of anilines is 1. The smallest absolute Gasteiger partial charge is 0.271 e. The molecule has 1 saturated heterocycles. The fourth-order valence-corrected chi connectivity index (χ4v) is 5.00.